The molecule has 3 rings (SSSR count). The molecule has 5 nitrogen and oxygen atoms in total. The minimum atomic E-state index is -4.37. The summed E-state index contributed by atoms with van der Waals surface area (Å²) in [5.74, 6) is -0.136. The van der Waals surface area contributed by atoms with Crippen LogP contribution in [0.5, 0.6) is 0 Å². The number of amides is 1. The summed E-state index contributed by atoms with van der Waals surface area (Å²) in [6, 6.07) is 1.59. The molecule has 0 radical (unpaired) electrons. The fraction of sp³-hybridized carbons (Fsp3) is 0.385. The number of anilines is 1. The highest BCUT2D eigenvalue weighted by Gasteiger charge is 2.34. The van der Waals surface area contributed by atoms with Gasteiger partial charge in [0.15, 0.2) is 5.13 Å². The molecule has 0 unspecified atom stereocenters. The molecule has 2 aromatic rings. The first-order valence-corrected chi connectivity index (χ1v) is 7.36. The third kappa shape index (κ3) is 2.94. The fourth-order valence-electron chi connectivity index (χ4n) is 2.21. The van der Waals surface area contributed by atoms with E-state index in [1.165, 1.54) is 12.5 Å². The van der Waals surface area contributed by atoms with E-state index in [2.05, 4.69) is 4.98 Å². The van der Waals surface area contributed by atoms with Gasteiger partial charge in [0.1, 0.15) is 11.1 Å². The second-order valence-electron chi connectivity index (χ2n) is 4.80. The molecule has 0 saturated carbocycles. The molecule has 2 aromatic heterocycles. The Morgan fingerprint density at radius 3 is 2.55 bits per heavy atom. The number of rotatable bonds is 2. The molecule has 1 fully saturated rings. The molecule has 0 aliphatic carbocycles. The number of alkyl halides is 3. The summed E-state index contributed by atoms with van der Waals surface area (Å²) in [6.07, 6.45) is -0.707. The molecule has 0 aromatic carbocycles. The number of nitrogens with zero attached hydrogens (tertiary/aromatic N) is 3. The van der Waals surface area contributed by atoms with Gasteiger partial charge in [-0.2, -0.15) is 13.2 Å². The Morgan fingerprint density at radius 2 is 2.00 bits per heavy atom. The maximum absolute atomic E-state index is 12.6. The van der Waals surface area contributed by atoms with Gasteiger partial charge in [0.2, 0.25) is 0 Å². The number of carbonyl (C=O) groups excluding carboxylic acids is 1. The Hall–Kier alpha value is -2.03. The molecule has 1 saturated heterocycles. The average Bonchev–Trinajstić information content (AvgIpc) is 3.17. The number of thiazole rings is 1. The van der Waals surface area contributed by atoms with Crippen LogP contribution >= 0.6 is 11.3 Å². The van der Waals surface area contributed by atoms with E-state index in [1.807, 2.05) is 0 Å². The zero-order chi connectivity index (χ0) is 15.7. The number of hydrogen-bond acceptors (Lipinski definition) is 5. The summed E-state index contributed by atoms with van der Waals surface area (Å²) in [4.78, 5) is 18.7. The molecule has 0 bridgehead atoms. The van der Waals surface area contributed by atoms with E-state index < -0.39 is 11.1 Å². The van der Waals surface area contributed by atoms with Gasteiger partial charge in [-0.15, -0.1) is 0 Å². The number of halogens is 3. The van der Waals surface area contributed by atoms with Gasteiger partial charge in [0.05, 0.1) is 18.0 Å². The molecule has 0 N–H and O–H groups in total. The molecular weight excluding hydrogens is 319 g/mol. The van der Waals surface area contributed by atoms with Crippen LogP contribution in [-0.4, -0.2) is 42.0 Å². The van der Waals surface area contributed by atoms with Crippen molar-refractivity contribution in [3.63, 3.8) is 0 Å². The topological polar surface area (TPSA) is 49.6 Å². The Bertz CT molecular complexity index is 646. The van der Waals surface area contributed by atoms with Gasteiger partial charge in [0.25, 0.3) is 5.91 Å². The first-order chi connectivity index (χ1) is 10.4. The minimum Gasteiger partial charge on any atom is -0.472 e. The van der Waals surface area contributed by atoms with E-state index in [0.29, 0.717) is 48.2 Å². The van der Waals surface area contributed by atoms with Gasteiger partial charge in [-0.1, -0.05) is 11.3 Å². The zero-order valence-corrected chi connectivity index (χ0v) is 12.2. The number of aromatic nitrogens is 1. The highest BCUT2D eigenvalue weighted by molar-refractivity contribution is 7.15. The van der Waals surface area contributed by atoms with E-state index in [9.17, 15) is 18.0 Å². The van der Waals surface area contributed by atoms with Crippen LogP contribution in [0.15, 0.2) is 29.2 Å². The summed E-state index contributed by atoms with van der Waals surface area (Å²) in [5.41, 5.74) is 0.474. The summed E-state index contributed by atoms with van der Waals surface area (Å²) in [5, 5.41) is 0.336. The number of carbonyl (C=O) groups is 1. The molecule has 118 valence electrons. The van der Waals surface area contributed by atoms with Crippen LogP contribution in [0.3, 0.4) is 0 Å². The van der Waals surface area contributed by atoms with E-state index in [4.69, 9.17) is 4.42 Å². The molecule has 1 aliphatic heterocycles. The van der Waals surface area contributed by atoms with Gasteiger partial charge < -0.3 is 14.2 Å². The predicted molar refractivity (Wildman–Crippen MR) is 73.9 cm³/mol. The van der Waals surface area contributed by atoms with E-state index >= 15 is 0 Å². The van der Waals surface area contributed by atoms with Crippen LogP contribution in [0, 0.1) is 0 Å². The smallest absolute Gasteiger partial charge is 0.427 e. The third-order valence-corrected chi connectivity index (χ3v) is 4.48. The van der Waals surface area contributed by atoms with Crippen LogP contribution in [0.25, 0.3) is 0 Å². The van der Waals surface area contributed by atoms with Crippen molar-refractivity contribution in [2.75, 3.05) is 31.1 Å². The Kier molecular flexibility index (Phi) is 3.81. The first-order valence-electron chi connectivity index (χ1n) is 6.54. The minimum absolute atomic E-state index is 0.136. The Balaban J connectivity index is 1.62. The van der Waals surface area contributed by atoms with Crippen molar-refractivity contribution in [1.29, 1.82) is 0 Å². The van der Waals surface area contributed by atoms with Crippen LogP contribution < -0.4 is 4.90 Å². The van der Waals surface area contributed by atoms with Crippen molar-refractivity contribution in [1.82, 2.24) is 9.88 Å². The lowest BCUT2D eigenvalue weighted by atomic mass is 10.2. The van der Waals surface area contributed by atoms with Gasteiger partial charge in [-0.25, -0.2) is 4.98 Å². The molecule has 3 heterocycles. The van der Waals surface area contributed by atoms with Crippen molar-refractivity contribution in [3.05, 3.63) is 35.2 Å². The molecular formula is C13H12F3N3O2S. The van der Waals surface area contributed by atoms with Crippen molar-refractivity contribution >= 4 is 22.4 Å². The van der Waals surface area contributed by atoms with Gasteiger partial charge in [-0.3, -0.25) is 4.79 Å². The number of hydrogen-bond donors (Lipinski definition) is 0. The van der Waals surface area contributed by atoms with Crippen molar-refractivity contribution in [2.45, 2.75) is 6.18 Å². The second-order valence-corrected chi connectivity index (χ2v) is 5.81. The van der Waals surface area contributed by atoms with Crippen LogP contribution in [0.2, 0.25) is 0 Å². The molecule has 22 heavy (non-hydrogen) atoms. The fourth-order valence-corrected chi connectivity index (χ4v) is 3.05. The molecule has 1 aliphatic rings. The largest absolute Gasteiger partial charge is 0.472 e. The summed E-state index contributed by atoms with van der Waals surface area (Å²) >= 11 is 0.625. The number of piperazine rings is 1. The van der Waals surface area contributed by atoms with Crippen molar-refractivity contribution in [3.8, 4) is 0 Å². The maximum Gasteiger partial charge on any atom is 0.427 e. The van der Waals surface area contributed by atoms with Crippen LogP contribution in [-0.2, 0) is 6.18 Å². The Morgan fingerprint density at radius 1 is 1.27 bits per heavy atom. The lowest BCUT2D eigenvalue weighted by Gasteiger charge is -2.34. The normalized spacial score (nSPS) is 16.1. The SMILES string of the molecule is O=C(c1ccoc1)N1CCN(c2ncc(C(F)(F)F)s2)CC1. The summed E-state index contributed by atoms with van der Waals surface area (Å²) < 4.78 is 42.6. The molecule has 9 heteroatoms. The predicted octanol–water partition coefficient (Wildman–Crippen LogP) is 2.72. The van der Waals surface area contributed by atoms with Crippen LogP contribution in [0.4, 0.5) is 18.3 Å². The van der Waals surface area contributed by atoms with Crippen molar-refractivity contribution < 1.29 is 22.4 Å². The van der Waals surface area contributed by atoms with Gasteiger partial charge >= 0.3 is 6.18 Å². The van der Waals surface area contributed by atoms with Crippen LogP contribution in [0.1, 0.15) is 15.2 Å². The van der Waals surface area contributed by atoms with E-state index in [0.717, 1.165) is 6.20 Å². The lowest BCUT2D eigenvalue weighted by Crippen LogP contribution is -2.48. The summed E-state index contributed by atoms with van der Waals surface area (Å²) in [6.45, 7) is 1.78. The maximum atomic E-state index is 12.6. The molecule has 1 amide bonds. The monoisotopic (exact) mass is 331 g/mol. The van der Waals surface area contributed by atoms with Gasteiger partial charge in [-0.05, 0) is 6.07 Å². The number of furan rings is 1. The average molecular weight is 331 g/mol. The Labute approximate surface area is 128 Å². The quantitative estimate of drug-likeness (QED) is 0.849. The second kappa shape index (κ2) is 5.64. The van der Waals surface area contributed by atoms with E-state index in [-0.39, 0.29) is 5.91 Å². The molecule has 0 spiro atoms. The zero-order valence-electron chi connectivity index (χ0n) is 11.3. The highest BCUT2D eigenvalue weighted by Crippen LogP contribution is 2.36. The summed E-state index contributed by atoms with van der Waals surface area (Å²) in [7, 11) is 0. The van der Waals surface area contributed by atoms with E-state index in [1.54, 1.807) is 15.9 Å². The standard InChI is InChI=1S/C13H12F3N3O2S/c14-13(15,16)10-7-17-12(22-10)19-4-2-18(3-5-19)11(20)9-1-6-21-8-9/h1,6-8H,2-5H2. The first kappa shape index (κ1) is 14.9. The van der Waals surface area contributed by atoms with Gasteiger partial charge in [0, 0.05) is 26.2 Å². The molecule has 0 atom stereocenters. The highest BCUT2D eigenvalue weighted by atomic mass is 32.1. The lowest BCUT2D eigenvalue weighted by molar-refractivity contribution is -0.134. The third-order valence-electron chi connectivity index (χ3n) is 3.38. The van der Waals surface area contributed by atoms with Crippen molar-refractivity contribution in [2.24, 2.45) is 0 Å².